The first-order valence-electron chi connectivity index (χ1n) is 5.60. The van der Waals surface area contributed by atoms with Crippen LogP contribution in [0.4, 0.5) is 0 Å². The van der Waals surface area contributed by atoms with Crippen LogP contribution < -0.4 is 5.14 Å². The van der Waals surface area contributed by atoms with Crippen LogP contribution in [0.1, 0.15) is 24.2 Å². The van der Waals surface area contributed by atoms with Crippen LogP contribution in [0.15, 0.2) is 30.3 Å². The summed E-state index contributed by atoms with van der Waals surface area (Å²) >= 11 is 0. The summed E-state index contributed by atoms with van der Waals surface area (Å²) in [4.78, 5) is 12.2. The predicted octanol–water partition coefficient (Wildman–Crippen LogP) is 0.951. The zero-order chi connectivity index (χ0) is 13.8. The Bertz CT molecular complexity index is 498. The van der Waals surface area contributed by atoms with Crippen LogP contribution in [0.25, 0.3) is 0 Å². The second-order valence-electron chi connectivity index (χ2n) is 3.90. The number of sulfonamides is 1. The molecule has 0 aromatic heterocycles. The van der Waals surface area contributed by atoms with Gasteiger partial charge in [-0.25, -0.2) is 13.6 Å². The average Bonchev–Trinajstić information content (AvgIpc) is 2.28. The number of benzene rings is 1. The number of primary sulfonamides is 1. The van der Waals surface area contributed by atoms with E-state index in [0.29, 0.717) is 12.2 Å². The fourth-order valence-corrected chi connectivity index (χ4v) is 2.79. The van der Waals surface area contributed by atoms with Crippen LogP contribution in [-0.4, -0.2) is 32.2 Å². The largest absolute Gasteiger partial charge is 0.377 e. The first kappa shape index (κ1) is 14.8. The van der Waals surface area contributed by atoms with E-state index in [4.69, 9.17) is 9.88 Å². The van der Waals surface area contributed by atoms with Crippen molar-refractivity contribution >= 4 is 15.8 Å². The molecule has 6 heteroatoms. The third-order valence-corrected chi connectivity index (χ3v) is 3.83. The third kappa shape index (κ3) is 3.63. The lowest BCUT2D eigenvalue weighted by Crippen LogP contribution is -2.44. The first-order valence-corrected chi connectivity index (χ1v) is 7.21. The van der Waals surface area contributed by atoms with Crippen LogP contribution in [0, 0.1) is 0 Å². The van der Waals surface area contributed by atoms with Crippen molar-refractivity contribution in [1.29, 1.82) is 0 Å². The van der Waals surface area contributed by atoms with Gasteiger partial charge in [-0.05, 0) is 13.8 Å². The lowest BCUT2D eigenvalue weighted by molar-refractivity contribution is 0.0627. The first-order chi connectivity index (χ1) is 8.38. The molecule has 0 aliphatic rings. The van der Waals surface area contributed by atoms with Crippen molar-refractivity contribution in [3.8, 4) is 0 Å². The molecule has 100 valence electrons. The van der Waals surface area contributed by atoms with Gasteiger partial charge in [0, 0.05) is 12.2 Å². The lowest BCUT2D eigenvalue weighted by Gasteiger charge is -2.20. The number of rotatable bonds is 6. The van der Waals surface area contributed by atoms with Crippen molar-refractivity contribution in [2.75, 3.05) is 6.61 Å². The summed E-state index contributed by atoms with van der Waals surface area (Å²) in [6, 6.07) is 8.19. The van der Waals surface area contributed by atoms with E-state index in [9.17, 15) is 13.2 Å². The van der Waals surface area contributed by atoms with Gasteiger partial charge in [0.25, 0.3) is 0 Å². The third-order valence-electron chi connectivity index (χ3n) is 2.53. The van der Waals surface area contributed by atoms with Crippen molar-refractivity contribution in [2.24, 2.45) is 5.14 Å². The van der Waals surface area contributed by atoms with E-state index in [0.717, 1.165) is 0 Å². The molecule has 18 heavy (non-hydrogen) atoms. The van der Waals surface area contributed by atoms with Crippen molar-refractivity contribution in [2.45, 2.75) is 25.2 Å². The summed E-state index contributed by atoms with van der Waals surface area (Å²) in [6.07, 6.45) is -0.780. The maximum Gasteiger partial charge on any atom is 0.222 e. The van der Waals surface area contributed by atoms with Crippen molar-refractivity contribution in [3.05, 3.63) is 35.9 Å². The Kier molecular flexibility index (Phi) is 5.01. The zero-order valence-electron chi connectivity index (χ0n) is 10.4. The SMILES string of the molecule is CCOC(C)C(C(=O)c1ccccc1)S(N)(=O)=O. The minimum Gasteiger partial charge on any atom is -0.377 e. The fourth-order valence-electron chi connectivity index (χ4n) is 1.75. The van der Waals surface area contributed by atoms with Gasteiger partial charge in [0.1, 0.15) is 0 Å². The number of ketones is 1. The lowest BCUT2D eigenvalue weighted by atomic mass is 10.1. The molecule has 0 radical (unpaired) electrons. The highest BCUT2D eigenvalue weighted by Gasteiger charge is 2.36. The maximum atomic E-state index is 12.2. The molecule has 0 aliphatic heterocycles. The van der Waals surface area contributed by atoms with Gasteiger partial charge in [0.05, 0.1) is 6.10 Å². The van der Waals surface area contributed by atoms with Gasteiger partial charge in [0.15, 0.2) is 11.0 Å². The molecule has 5 nitrogen and oxygen atoms in total. The van der Waals surface area contributed by atoms with Gasteiger partial charge in [-0.2, -0.15) is 0 Å². The van der Waals surface area contributed by atoms with Crippen LogP contribution in [0.2, 0.25) is 0 Å². The van der Waals surface area contributed by atoms with Gasteiger partial charge in [0.2, 0.25) is 10.0 Å². The Labute approximate surface area is 107 Å². The van der Waals surface area contributed by atoms with E-state index < -0.39 is 27.2 Å². The molecule has 1 rings (SSSR count). The minimum absolute atomic E-state index is 0.308. The quantitative estimate of drug-likeness (QED) is 0.780. The monoisotopic (exact) mass is 271 g/mol. The molecule has 2 N–H and O–H groups in total. The van der Waals surface area contributed by atoms with E-state index in [1.807, 2.05) is 0 Å². The molecule has 1 aromatic rings. The smallest absolute Gasteiger partial charge is 0.222 e. The van der Waals surface area contributed by atoms with Gasteiger partial charge in [-0.1, -0.05) is 30.3 Å². The van der Waals surface area contributed by atoms with E-state index in [-0.39, 0.29) is 0 Å². The number of ether oxygens (including phenoxy) is 1. The molecular weight excluding hydrogens is 254 g/mol. The van der Waals surface area contributed by atoms with Crippen LogP contribution >= 0.6 is 0 Å². The van der Waals surface area contributed by atoms with E-state index in [1.54, 1.807) is 37.3 Å². The number of carbonyl (C=O) groups excluding carboxylic acids is 1. The summed E-state index contributed by atoms with van der Waals surface area (Å²) < 4.78 is 28.3. The topological polar surface area (TPSA) is 86.5 Å². The summed E-state index contributed by atoms with van der Waals surface area (Å²) in [5.41, 5.74) is 0.308. The Morgan fingerprint density at radius 1 is 1.33 bits per heavy atom. The molecule has 0 aliphatic carbocycles. The summed E-state index contributed by atoms with van der Waals surface area (Å²) in [6.45, 7) is 3.57. The highest BCUT2D eigenvalue weighted by Crippen LogP contribution is 2.14. The number of Topliss-reactive ketones (excluding diaryl/α,β-unsaturated/α-hetero) is 1. The average molecular weight is 271 g/mol. The van der Waals surface area contributed by atoms with Gasteiger partial charge in [-0.3, -0.25) is 4.79 Å². The van der Waals surface area contributed by atoms with Crippen molar-refractivity contribution in [3.63, 3.8) is 0 Å². The minimum atomic E-state index is -4.01. The van der Waals surface area contributed by atoms with Crippen LogP contribution in [-0.2, 0) is 14.8 Å². The zero-order valence-corrected chi connectivity index (χ0v) is 11.2. The van der Waals surface area contributed by atoms with E-state index in [2.05, 4.69) is 0 Å². The van der Waals surface area contributed by atoms with Gasteiger partial charge in [-0.15, -0.1) is 0 Å². The molecule has 0 saturated heterocycles. The molecule has 0 heterocycles. The van der Waals surface area contributed by atoms with E-state index in [1.165, 1.54) is 6.92 Å². The molecule has 2 atom stereocenters. The summed E-state index contributed by atoms with van der Waals surface area (Å²) in [5, 5.41) is 3.75. The van der Waals surface area contributed by atoms with E-state index >= 15 is 0 Å². The molecule has 2 unspecified atom stereocenters. The van der Waals surface area contributed by atoms with Crippen LogP contribution in [0.5, 0.6) is 0 Å². The molecule has 0 amide bonds. The maximum absolute atomic E-state index is 12.2. The molecule has 1 aromatic carbocycles. The van der Waals surface area contributed by atoms with Crippen molar-refractivity contribution < 1.29 is 17.9 Å². The summed E-state index contributed by atoms with van der Waals surface area (Å²) in [5.74, 6) is -0.543. The molecule has 0 fully saturated rings. The number of nitrogens with two attached hydrogens (primary N) is 1. The predicted molar refractivity (Wildman–Crippen MR) is 68.8 cm³/mol. The Morgan fingerprint density at radius 2 is 1.89 bits per heavy atom. The second-order valence-corrected chi connectivity index (χ2v) is 5.59. The molecule has 0 bridgehead atoms. The second kappa shape index (κ2) is 6.08. The highest BCUT2D eigenvalue weighted by molar-refractivity contribution is 7.90. The standard InChI is InChI=1S/C12H17NO4S/c1-3-17-9(2)12(18(13,15)16)11(14)10-7-5-4-6-8-10/h4-9,12H,3H2,1-2H3,(H2,13,15,16). The number of carbonyl (C=O) groups is 1. The molecule has 0 saturated carbocycles. The summed E-state index contributed by atoms with van der Waals surface area (Å²) in [7, 11) is -4.01. The Morgan fingerprint density at radius 3 is 2.33 bits per heavy atom. The van der Waals surface area contributed by atoms with Gasteiger partial charge >= 0.3 is 0 Å². The molecular formula is C12H17NO4S. The fraction of sp³-hybridized carbons (Fsp3) is 0.417. The number of hydrogen-bond donors (Lipinski definition) is 1. The van der Waals surface area contributed by atoms with Crippen LogP contribution in [0.3, 0.4) is 0 Å². The highest BCUT2D eigenvalue weighted by atomic mass is 32.2. The Balaban J connectivity index is 3.09. The number of hydrogen-bond acceptors (Lipinski definition) is 4. The normalized spacial score (nSPS) is 15.1. The van der Waals surface area contributed by atoms with Crippen molar-refractivity contribution in [1.82, 2.24) is 0 Å². The Hall–Kier alpha value is -1.24. The van der Waals surface area contributed by atoms with Gasteiger partial charge < -0.3 is 4.74 Å². The molecule has 0 spiro atoms.